The summed E-state index contributed by atoms with van der Waals surface area (Å²) in [6.45, 7) is 0. The van der Waals surface area contributed by atoms with Gasteiger partial charge in [0.1, 0.15) is 0 Å². The number of benzene rings is 2. The third-order valence-electron chi connectivity index (χ3n) is 1.73. The highest BCUT2D eigenvalue weighted by Gasteiger charge is 1.93. The first-order chi connectivity index (χ1) is 11.1. The van der Waals surface area contributed by atoms with E-state index in [0.29, 0.717) is 0 Å². The van der Waals surface area contributed by atoms with Crippen molar-refractivity contribution in [3.05, 3.63) is 71.6 Å². The molecule has 0 aromatic heterocycles. The summed E-state index contributed by atoms with van der Waals surface area (Å²) in [4.78, 5) is 0. The molecule has 2 aromatic carbocycles. The molecular formula is C14H14. The van der Waals surface area contributed by atoms with Crippen LogP contribution in [0.1, 0.15) is 24.8 Å². The standard InChI is InChI=1S/C14H14/c1-3-7-13(8-4-1)11-12-14-9-5-2-6-10-14/h1-10H,11-12H2/i1D,2D,3D,4D,5D,6D,7D,8D,9D,10D. The largest absolute Gasteiger partial charge is 0.0626 e. The maximum absolute atomic E-state index is 7.86. The maximum atomic E-state index is 7.86. The SMILES string of the molecule is [2H]c1c([2H])c([2H])c(CCc2c([2H])c([2H])c([2H])c([2H])c2[2H])c([2H])c1[2H]. The third kappa shape index (κ3) is 2.46. The third-order valence-corrected chi connectivity index (χ3v) is 1.73. The van der Waals surface area contributed by atoms with Crippen LogP contribution in [0.25, 0.3) is 0 Å². The number of hydrogen-bond acceptors (Lipinski definition) is 0. The van der Waals surface area contributed by atoms with Gasteiger partial charge in [-0.05, 0) is 24.0 Å². The van der Waals surface area contributed by atoms with Gasteiger partial charge in [0.2, 0.25) is 0 Å². The van der Waals surface area contributed by atoms with Crippen LogP contribution in [-0.2, 0) is 12.8 Å². The van der Waals surface area contributed by atoms with Crippen LogP contribution in [0.4, 0.5) is 0 Å². The molecule has 0 aliphatic carbocycles. The van der Waals surface area contributed by atoms with E-state index < -0.39 is 36.3 Å². The highest BCUT2D eigenvalue weighted by Crippen LogP contribution is 2.06. The molecule has 70 valence electrons. The fourth-order valence-electron chi connectivity index (χ4n) is 1.05. The van der Waals surface area contributed by atoms with Gasteiger partial charge >= 0.3 is 0 Å². The number of rotatable bonds is 3. The van der Waals surface area contributed by atoms with Crippen molar-refractivity contribution in [3.8, 4) is 0 Å². The van der Waals surface area contributed by atoms with E-state index in [2.05, 4.69) is 0 Å². The minimum Gasteiger partial charge on any atom is -0.0622 e. The minimum atomic E-state index is -0.489. The van der Waals surface area contributed by atoms with Crippen molar-refractivity contribution in [2.24, 2.45) is 0 Å². The lowest BCUT2D eigenvalue weighted by atomic mass is 10.0. The Hall–Kier alpha value is -1.56. The topological polar surface area (TPSA) is 0 Å². The number of hydrogen-bond donors (Lipinski definition) is 0. The van der Waals surface area contributed by atoms with Gasteiger partial charge in [-0.2, -0.15) is 0 Å². The summed E-state index contributed by atoms with van der Waals surface area (Å²) in [5, 5.41) is 0. The van der Waals surface area contributed by atoms with Crippen LogP contribution >= 0.6 is 0 Å². The van der Waals surface area contributed by atoms with E-state index in [9.17, 15) is 0 Å². The van der Waals surface area contributed by atoms with Crippen molar-refractivity contribution in [1.82, 2.24) is 0 Å². The first-order valence-corrected chi connectivity index (χ1v) is 4.21. The molecule has 0 N–H and O–H groups in total. The Bertz CT molecular complexity index is 700. The van der Waals surface area contributed by atoms with Gasteiger partial charge < -0.3 is 0 Å². The first kappa shape index (κ1) is 2.96. The average Bonchev–Trinajstić information content (AvgIpc) is 2.57. The van der Waals surface area contributed by atoms with Crippen molar-refractivity contribution in [3.63, 3.8) is 0 Å². The second kappa shape index (κ2) is 4.61. The molecule has 0 unspecified atom stereocenters. The molecule has 0 saturated carbocycles. The minimum absolute atomic E-state index is 0.0241. The Morgan fingerprint density at radius 1 is 0.643 bits per heavy atom. The molecule has 2 rings (SSSR count). The molecule has 0 heterocycles. The zero-order chi connectivity index (χ0) is 18.3. The van der Waals surface area contributed by atoms with E-state index in [-0.39, 0.29) is 48.1 Å². The Kier molecular flexibility index (Phi) is 0.976. The summed E-state index contributed by atoms with van der Waals surface area (Å²) in [6, 6.07) is -4.14. The lowest BCUT2D eigenvalue weighted by Gasteiger charge is -2.01. The Morgan fingerprint density at radius 2 is 1.00 bits per heavy atom. The molecule has 0 amide bonds. The van der Waals surface area contributed by atoms with Crippen LogP contribution in [0, 0.1) is 0 Å². The molecule has 0 bridgehead atoms. The molecule has 0 aliphatic rings. The lowest BCUT2D eigenvalue weighted by molar-refractivity contribution is 0.960. The molecule has 0 fully saturated rings. The van der Waals surface area contributed by atoms with Gasteiger partial charge in [-0.1, -0.05) is 60.4 Å². The quantitative estimate of drug-likeness (QED) is 0.698. The van der Waals surface area contributed by atoms with Gasteiger partial charge in [-0.15, -0.1) is 0 Å². The molecule has 0 heteroatoms. The summed E-state index contributed by atoms with van der Waals surface area (Å²) in [5.74, 6) is 0. The van der Waals surface area contributed by atoms with Gasteiger partial charge in [-0.3, -0.25) is 0 Å². The van der Waals surface area contributed by atoms with Crippen LogP contribution in [0.2, 0.25) is 0 Å². The van der Waals surface area contributed by atoms with Crippen molar-refractivity contribution in [2.75, 3.05) is 0 Å². The monoisotopic (exact) mass is 192 g/mol. The van der Waals surface area contributed by atoms with E-state index in [1.54, 1.807) is 0 Å². The second-order valence-electron chi connectivity index (χ2n) is 2.71. The van der Waals surface area contributed by atoms with E-state index in [1.807, 2.05) is 0 Å². The first-order valence-electron chi connectivity index (χ1n) is 9.21. The van der Waals surface area contributed by atoms with E-state index >= 15 is 0 Å². The van der Waals surface area contributed by atoms with Crippen molar-refractivity contribution in [2.45, 2.75) is 12.8 Å². The molecule has 0 saturated heterocycles. The van der Waals surface area contributed by atoms with Crippen LogP contribution in [0.3, 0.4) is 0 Å². The fraction of sp³-hybridized carbons (Fsp3) is 0.143. The summed E-state index contributed by atoms with van der Waals surface area (Å²) < 4.78 is 77.1. The van der Waals surface area contributed by atoms with Crippen LogP contribution in [-0.4, -0.2) is 0 Å². The molecule has 0 aliphatic heterocycles. The van der Waals surface area contributed by atoms with E-state index in [4.69, 9.17) is 13.7 Å². The van der Waals surface area contributed by atoms with Gasteiger partial charge in [0.25, 0.3) is 0 Å². The predicted molar refractivity (Wildman–Crippen MR) is 60.3 cm³/mol. The van der Waals surface area contributed by atoms with Crippen molar-refractivity contribution >= 4 is 0 Å². The smallest absolute Gasteiger partial charge is 0.0622 e. The summed E-state index contributed by atoms with van der Waals surface area (Å²) in [6.07, 6.45) is -0.0482. The summed E-state index contributed by atoms with van der Waals surface area (Å²) >= 11 is 0. The highest BCUT2D eigenvalue weighted by atomic mass is 14.0. The molecule has 0 nitrogen and oxygen atoms in total. The van der Waals surface area contributed by atoms with E-state index in [1.165, 1.54) is 0 Å². The van der Waals surface area contributed by atoms with Gasteiger partial charge in [0.15, 0.2) is 0 Å². The Labute approximate surface area is 99.3 Å². The second-order valence-corrected chi connectivity index (χ2v) is 2.71. The van der Waals surface area contributed by atoms with Crippen LogP contribution < -0.4 is 0 Å². The average molecular weight is 192 g/mol. The Morgan fingerprint density at radius 3 is 1.36 bits per heavy atom. The maximum Gasteiger partial charge on any atom is 0.0626 e. The molecule has 14 heavy (non-hydrogen) atoms. The molecular weight excluding hydrogens is 168 g/mol. The van der Waals surface area contributed by atoms with Crippen molar-refractivity contribution < 1.29 is 13.7 Å². The molecule has 0 radical (unpaired) electrons. The summed E-state index contributed by atoms with van der Waals surface area (Å²) in [5.41, 5.74) is 0.126. The van der Waals surface area contributed by atoms with Gasteiger partial charge in [0, 0.05) is 0 Å². The zero-order valence-electron chi connectivity index (χ0n) is 17.4. The fourth-order valence-corrected chi connectivity index (χ4v) is 1.05. The predicted octanol–water partition coefficient (Wildman–Crippen LogP) is 3.47. The molecule has 0 atom stereocenters. The van der Waals surface area contributed by atoms with Crippen LogP contribution in [0.15, 0.2) is 60.4 Å². The van der Waals surface area contributed by atoms with Crippen LogP contribution in [0.5, 0.6) is 0 Å². The normalized spacial score (nSPS) is 20.0. The lowest BCUT2D eigenvalue weighted by Crippen LogP contribution is -1.89. The highest BCUT2D eigenvalue weighted by molar-refractivity contribution is 5.19. The molecule has 0 spiro atoms. The molecule has 2 aromatic rings. The zero-order valence-corrected chi connectivity index (χ0v) is 7.41. The van der Waals surface area contributed by atoms with Crippen molar-refractivity contribution in [1.29, 1.82) is 0 Å². The summed E-state index contributed by atoms with van der Waals surface area (Å²) in [7, 11) is 0. The Balaban J connectivity index is 2.48. The van der Waals surface area contributed by atoms with Gasteiger partial charge in [0.05, 0.1) is 13.7 Å². The van der Waals surface area contributed by atoms with E-state index in [0.717, 1.165) is 0 Å². The van der Waals surface area contributed by atoms with Gasteiger partial charge in [-0.25, -0.2) is 0 Å².